The van der Waals surface area contributed by atoms with E-state index in [1.165, 1.54) is 0 Å². The number of benzene rings is 1. The minimum absolute atomic E-state index is 0.236. The molecule has 2 N–H and O–H groups in total. The van der Waals surface area contributed by atoms with Gasteiger partial charge in [0.1, 0.15) is 5.82 Å². The van der Waals surface area contributed by atoms with Crippen molar-refractivity contribution < 1.29 is 0 Å². The molecule has 1 heterocycles. The van der Waals surface area contributed by atoms with Gasteiger partial charge in [-0.25, -0.2) is 0 Å². The number of hydrogen-bond acceptors (Lipinski definition) is 6. The molecule has 19 heavy (non-hydrogen) atoms. The van der Waals surface area contributed by atoms with E-state index in [2.05, 4.69) is 15.0 Å². The molecule has 0 spiro atoms. The van der Waals surface area contributed by atoms with Crippen LogP contribution in [0.3, 0.4) is 0 Å². The van der Waals surface area contributed by atoms with Crippen LogP contribution in [0.5, 0.6) is 0 Å². The van der Waals surface area contributed by atoms with Crippen LogP contribution >= 0.6 is 23.4 Å². The molecule has 0 unspecified atom stereocenters. The second-order valence-corrected chi connectivity index (χ2v) is 5.54. The highest BCUT2D eigenvalue weighted by molar-refractivity contribution is 7.98. The maximum atomic E-state index is 5.94. The largest absolute Gasteiger partial charge is 0.368 e. The summed E-state index contributed by atoms with van der Waals surface area (Å²) in [5.41, 5.74) is 5.67. The van der Waals surface area contributed by atoms with Gasteiger partial charge >= 0.3 is 0 Å². The highest BCUT2D eigenvalue weighted by atomic mass is 35.5. The smallest absolute Gasteiger partial charge is 0.229 e. The molecule has 2 aromatic rings. The number of anilines is 2. The molecule has 0 aliphatic heterocycles. The van der Waals surface area contributed by atoms with Gasteiger partial charge in [-0.3, -0.25) is 0 Å². The van der Waals surface area contributed by atoms with Gasteiger partial charge in [0.2, 0.25) is 11.9 Å². The second kappa shape index (κ2) is 6.08. The van der Waals surface area contributed by atoms with E-state index in [0.717, 1.165) is 4.90 Å². The van der Waals surface area contributed by atoms with Gasteiger partial charge in [0.15, 0.2) is 0 Å². The molecule has 0 atom stereocenters. The monoisotopic (exact) mass is 295 g/mol. The molecule has 100 valence electrons. The molecule has 0 amide bonds. The summed E-state index contributed by atoms with van der Waals surface area (Å²) in [6, 6.07) is 7.66. The summed E-state index contributed by atoms with van der Waals surface area (Å²) in [4.78, 5) is 15.4. The van der Waals surface area contributed by atoms with Crippen LogP contribution in [0.1, 0.15) is 5.82 Å². The van der Waals surface area contributed by atoms with E-state index in [1.54, 1.807) is 16.7 Å². The summed E-state index contributed by atoms with van der Waals surface area (Å²) >= 11 is 7.54. The Labute approximate surface area is 121 Å². The third-order valence-electron chi connectivity index (χ3n) is 2.25. The molecular weight excluding hydrogens is 282 g/mol. The Bertz CT molecular complexity index is 576. The zero-order valence-electron chi connectivity index (χ0n) is 10.7. The van der Waals surface area contributed by atoms with Gasteiger partial charge in [0.05, 0.1) is 5.75 Å². The molecule has 0 radical (unpaired) electrons. The summed E-state index contributed by atoms with van der Waals surface area (Å²) in [6.07, 6.45) is 0. The Morgan fingerprint density at radius 3 is 2.74 bits per heavy atom. The van der Waals surface area contributed by atoms with Crippen LogP contribution in [0.4, 0.5) is 11.9 Å². The predicted molar refractivity (Wildman–Crippen MR) is 79.6 cm³/mol. The van der Waals surface area contributed by atoms with Crippen molar-refractivity contribution in [2.24, 2.45) is 0 Å². The fourth-order valence-electron chi connectivity index (χ4n) is 1.39. The predicted octanol–water partition coefficient (Wildman–Crippen LogP) is 2.47. The van der Waals surface area contributed by atoms with Crippen LogP contribution in [-0.2, 0) is 5.75 Å². The normalized spacial score (nSPS) is 10.5. The minimum Gasteiger partial charge on any atom is -0.368 e. The molecule has 2 rings (SSSR count). The number of nitrogens with two attached hydrogens (primary N) is 1. The van der Waals surface area contributed by atoms with E-state index in [0.29, 0.717) is 22.5 Å². The van der Waals surface area contributed by atoms with Gasteiger partial charge in [-0.2, -0.15) is 15.0 Å². The number of halogens is 1. The third kappa shape index (κ3) is 3.97. The molecule has 0 bridgehead atoms. The molecule has 7 heteroatoms. The number of thioether (sulfide) groups is 1. The van der Waals surface area contributed by atoms with Crippen molar-refractivity contribution in [1.82, 2.24) is 15.0 Å². The SMILES string of the molecule is CN(C)c1nc(N)nc(CSc2cccc(Cl)c2)n1. The third-order valence-corrected chi connectivity index (χ3v) is 3.48. The van der Waals surface area contributed by atoms with Crippen LogP contribution in [0, 0.1) is 0 Å². The van der Waals surface area contributed by atoms with E-state index >= 15 is 0 Å². The number of nitrogens with zero attached hydrogens (tertiary/aromatic N) is 4. The highest BCUT2D eigenvalue weighted by Crippen LogP contribution is 2.24. The van der Waals surface area contributed by atoms with Gasteiger partial charge in [0.25, 0.3) is 0 Å². The maximum absolute atomic E-state index is 5.94. The summed E-state index contributed by atoms with van der Waals surface area (Å²) in [5.74, 6) is 2.07. The minimum atomic E-state index is 0.236. The second-order valence-electron chi connectivity index (χ2n) is 4.05. The van der Waals surface area contributed by atoms with Crippen LogP contribution in [0.2, 0.25) is 5.02 Å². The Balaban J connectivity index is 2.11. The van der Waals surface area contributed by atoms with Crippen molar-refractivity contribution in [3.05, 3.63) is 35.1 Å². The van der Waals surface area contributed by atoms with Crippen molar-refractivity contribution in [3.63, 3.8) is 0 Å². The van der Waals surface area contributed by atoms with Gasteiger partial charge in [0, 0.05) is 24.0 Å². The maximum Gasteiger partial charge on any atom is 0.229 e. The van der Waals surface area contributed by atoms with Gasteiger partial charge in [-0.05, 0) is 18.2 Å². The lowest BCUT2D eigenvalue weighted by Gasteiger charge is -2.11. The molecule has 1 aromatic heterocycles. The summed E-state index contributed by atoms with van der Waals surface area (Å²) in [5, 5.41) is 0.717. The van der Waals surface area contributed by atoms with Crippen molar-refractivity contribution in [2.75, 3.05) is 24.7 Å². The highest BCUT2D eigenvalue weighted by Gasteiger charge is 2.06. The average Bonchev–Trinajstić information content (AvgIpc) is 2.36. The molecule has 0 saturated heterocycles. The first kappa shape index (κ1) is 13.9. The number of aromatic nitrogens is 3. The first-order chi connectivity index (χ1) is 9.04. The van der Waals surface area contributed by atoms with E-state index in [1.807, 2.05) is 38.4 Å². The first-order valence-electron chi connectivity index (χ1n) is 5.61. The van der Waals surface area contributed by atoms with Gasteiger partial charge in [-0.15, -0.1) is 11.8 Å². The lowest BCUT2D eigenvalue weighted by atomic mass is 10.4. The Morgan fingerprint density at radius 2 is 2.05 bits per heavy atom. The number of nitrogen functional groups attached to an aromatic ring is 1. The fourth-order valence-corrected chi connectivity index (χ4v) is 2.46. The van der Waals surface area contributed by atoms with E-state index in [9.17, 15) is 0 Å². The van der Waals surface area contributed by atoms with Crippen LogP contribution in [-0.4, -0.2) is 29.0 Å². The van der Waals surface area contributed by atoms with Crippen LogP contribution < -0.4 is 10.6 Å². The van der Waals surface area contributed by atoms with Gasteiger partial charge in [-0.1, -0.05) is 17.7 Å². The van der Waals surface area contributed by atoms with Crippen molar-refractivity contribution >= 4 is 35.3 Å². The van der Waals surface area contributed by atoms with Crippen molar-refractivity contribution in [3.8, 4) is 0 Å². The molecule has 5 nitrogen and oxygen atoms in total. The summed E-state index contributed by atoms with van der Waals surface area (Å²) in [7, 11) is 3.73. The summed E-state index contributed by atoms with van der Waals surface area (Å²) in [6.45, 7) is 0. The van der Waals surface area contributed by atoms with Gasteiger partial charge < -0.3 is 10.6 Å². The molecule has 0 aliphatic carbocycles. The van der Waals surface area contributed by atoms with Crippen molar-refractivity contribution in [2.45, 2.75) is 10.6 Å². The van der Waals surface area contributed by atoms with E-state index < -0.39 is 0 Å². The average molecular weight is 296 g/mol. The van der Waals surface area contributed by atoms with Crippen LogP contribution in [0.15, 0.2) is 29.2 Å². The van der Waals surface area contributed by atoms with E-state index in [-0.39, 0.29) is 5.95 Å². The topological polar surface area (TPSA) is 67.9 Å². The fraction of sp³-hybridized carbons (Fsp3) is 0.250. The van der Waals surface area contributed by atoms with Crippen LogP contribution in [0.25, 0.3) is 0 Å². The lowest BCUT2D eigenvalue weighted by molar-refractivity contribution is 0.919. The Hall–Kier alpha value is -1.53. The first-order valence-corrected chi connectivity index (χ1v) is 6.97. The van der Waals surface area contributed by atoms with E-state index in [4.69, 9.17) is 17.3 Å². The number of hydrogen-bond donors (Lipinski definition) is 1. The Kier molecular flexibility index (Phi) is 4.44. The quantitative estimate of drug-likeness (QED) is 0.874. The zero-order valence-corrected chi connectivity index (χ0v) is 12.2. The molecule has 0 fully saturated rings. The molecule has 1 aromatic carbocycles. The summed E-state index contributed by atoms with van der Waals surface area (Å²) < 4.78 is 0. The molecule has 0 aliphatic rings. The lowest BCUT2D eigenvalue weighted by Crippen LogP contribution is -2.15. The zero-order chi connectivity index (χ0) is 13.8. The molecular formula is C12H14ClN5S. The number of rotatable bonds is 4. The Morgan fingerprint density at radius 1 is 1.26 bits per heavy atom. The molecule has 0 saturated carbocycles. The van der Waals surface area contributed by atoms with Crippen molar-refractivity contribution in [1.29, 1.82) is 0 Å². The standard InChI is InChI=1S/C12H14ClN5S/c1-18(2)12-16-10(15-11(14)17-12)7-19-9-5-3-4-8(13)6-9/h3-6H,7H2,1-2H3,(H2,14,15,16,17).